The third-order valence-electron chi connectivity index (χ3n) is 6.30. The van der Waals surface area contributed by atoms with E-state index in [1.165, 1.54) is 6.33 Å². The summed E-state index contributed by atoms with van der Waals surface area (Å²) < 4.78 is 0. The number of aromatic amines is 1. The van der Waals surface area contributed by atoms with E-state index in [0.717, 1.165) is 0 Å². The zero-order chi connectivity index (χ0) is 26.0. The Kier molecular flexibility index (Phi) is 12.2. The van der Waals surface area contributed by atoms with Crippen LogP contribution in [0.5, 0.6) is 0 Å². The molecule has 1 rings (SSSR count). The number of amides is 3. The predicted octanol–water partition coefficient (Wildman–Crippen LogP) is 0.850. The van der Waals surface area contributed by atoms with Crippen LogP contribution in [0.3, 0.4) is 0 Å². The molecular formula is C24H44N6O4. The number of rotatable bonds is 15. The molecule has 0 saturated carbocycles. The molecule has 0 fully saturated rings. The highest BCUT2D eigenvalue weighted by molar-refractivity contribution is 5.92. The quantitative estimate of drug-likeness (QED) is 0.217. The topological polar surface area (TPSA) is 176 Å². The van der Waals surface area contributed by atoms with Crippen LogP contribution in [0.1, 0.15) is 66.5 Å². The molecule has 10 heteroatoms. The smallest absolute Gasteiger partial charge is 0.243 e. The lowest BCUT2D eigenvalue weighted by Crippen LogP contribution is -2.56. The fourth-order valence-electron chi connectivity index (χ4n) is 3.88. The van der Waals surface area contributed by atoms with Crippen molar-refractivity contribution in [3.05, 3.63) is 18.2 Å². The minimum Gasteiger partial charge on any atom is -0.391 e. The Labute approximate surface area is 203 Å². The maximum Gasteiger partial charge on any atom is 0.243 e. The highest BCUT2D eigenvalue weighted by Crippen LogP contribution is 2.22. The summed E-state index contributed by atoms with van der Waals surface area (Å²) in [4.78, 5) is 45.2. The summed E-state index contributed by atoms with van der Waals surface area (Å²) in [5, 5.41) is 16.1. The Morgan fingerprint density at radius 2 is 1.74 bits per heavy atom. The van der Waals surface area contributed by atoms with Gasteiger partial charge in [0, 0.05) is 24.6 Å². The number of aliphatic hydroxyl groups is 1. The summed E-state index contributed by atoms with van der Waals surface area (Å²) in [7, 11) is 0. The predicted molar refractivity (Wildman–Crippen MR) is 131 cm³/mol. The average molecular weight is 481 g/mol. The van der Waals surface area contributed by atoms with Crippen LogP contribution in [0.2, 0.25) is 0 Å². The van der Waals surface area contributed by atoms with Gasteiger partial charge in [-0.15, -0.1) is 0 Å². The van der Waals surface area contributed by atoms with Crippen LogP contribution >= 0.6 is 0 Å². The van der Waals surface area contributed by atoms with Gasteiger partial charge in [-0.2, -0.15) is 0 Å². The maximum absolute atomic E-state index is 13.2. The molecule has 0 radical (unpaired) electrons. The molecule has 0 aliphatic carbocycles. The second-order valence-corrected chi connectivity index (χ2v) is 10.0. The Morgan fingerprint density at radius 3 is 2.21 bits per heavy atom. The summed E-state index contributed by atoms with van der Waals surface area (Å²) in [6.45, 7) is 11.6. The van der Waals surface area contributed by atoms with Crippen molar-refractivity contribution in [3.8, 4) is 0 Å². The second kappa shape index (κ2) is 14.1. The standard InChI is InChI=1S/C24H44N6O4/c1-7-15(6)21(24(34)29-19(22(26)32)9-16-11-27-12-28-16)30-23(33)17(14(4)5)10-20(31)18(25)8-13(2)3/h11-15,17-21,31H,7-10,25H2,1-6H3,(H2,26,32)(H,27,28)(H,29,34)(H,30,33)/t15-,17-,18-,19-,20-,21-/m0/s1. The van der Waals surface area contributed by atoms with Crippen molar-refractivity contribution in [2.45, 2.75) is 91.5 Å². The average Bonchev–Trinajstić information content (AvgIpc) is 3.26. The minimum absolute atomic E-state index is 0.0698. The molecule has 6 atom stereocenters. The highest BCUT2D eigenvalue weighted by atomic mass is 16.3. The van der Waals surface area contributed by atoms with Crippen LogP contribution in [-0.4, -0.2) is 57.0 Å². The number of H-pyrrole nitrogens is 1. The normalized spacial score (nSPS) is 17.0. The van der Waals surface area contributed by atoms with Crippen LogP contribution in [0.15, 0.2) is 12.5 Å². The number of hydrogen-bond donors (Lipinski definition) is 6. The van der Waals surface area contributed by atoms with E-state index in [0.29, 0.717) is 24.5 Å². The minimum atomic E-state index is -0.962. The maximum atomic E-state index is 13.2. The van der Waals surface area contributed by atoms with E-state index >= 15 is 0 Å². The monoisotopic (exact) mass is 480 g/mol. The van der Waals surface area contributed by atoms with Gasteiger partial charge in [-0.3, -0.25) is 14.4 Å². The van der Waals surface area contributed by atoms with Crippen molar-refractivity contribution in [3.63, 3.8) is 0 Å². The van der Waals surface area contributed by atoms with E-state index in [4.69, 9.17) is 11.5 Å². The number of carbonyl (C=O) groups excluding carboxylic acids is 3. The van der Waals surface area contributed by atoms with Gasteiger partial charge in [-0.1, -0.05) is 48.0 Å². The van der Waals surface area contributed by atoms with Crippen molar-refractivity contribution >= 4 is 17.7 Å². The summed E-state index contributed by atoms with van der Waals surface area (Å²) in [6, 6.07) is -2.25. The molecule has 0 unspecified atom stereocenters. The number of nitrogens with zero attached hydrogens (tertiary/aromatic N) is 1. The van der Waals surface area contributed by atoms with Gasteiger partial charge >= 0.3 is 0 Å². The van der Waals surface area contributed by atoms with Gasteiger partial charge in [-0.05, 0) is 30.6 Å². The molecule has 0 aliphatic rings. The van der Waals surface area contributed by atoms with Gasteiger partial charge in [0.25, 0.3) is 0 Å². The number of aliphatic hydroxyl groups excluding tert-OH is 1. The Balaban J connectivity index is 2.95. The first kappa shape index (κ1) is 29.6. The molecule has 10 nitrogen and oxygen atoms in total. The van der Waals surface area contributed by atoms with Gasteiger partial charge in [0.15, 0.2) is 0 Å². The molecule has 0 spiro atoms. The summed E-state index contributed by atoms with van der Waals surface area (Å²) >= 11 is 0. The number of hydrogen-bond acceptors (Lipinski definition) is 6. The third-order valence-corrected chi connectivity index (χ3v) is 6.30. The van der Waals surface area contributed by atoms with Crippen molar-refractivity contribution in [2.75, 3.05) is 0 Å². The number of imidazole rings is 1. The molecule has 0 aromatic carbocycles. The van der Waals surface area contributed by atoms with E-state index in [-0.39, 0.29) is 30.6 Å². The van der Waals surface area contributed by atoms with Crippen LogP contribution in [-0.2, 0) is 20.8 Å². The molecule has 8 N–H and O–H groups in total. The number of aromatic nitrogens is 2. The van der Waals surface area contributed by atoms with Crippen molar-refractivity contribution in [1.29, 1.82) is 0 Å². The molecule has 194 valence electrons. The molecule has 34 heavy (non-hydrogen) atoms. The first-order chi connectivity index (χ1) is 15.9. The van der Waals surface area contributed by atoms with E-state index in [1.807, 2.05) is 41.5 Å². The van der Waals surface area contributed by atoms with Crippen LogP contribution in [0.4, 0.5) is 0 Å². The Morgan fingerprint density at radius 1 is 1.09 bits per heavy atom. The molecule has 3 amide bonds. The van der Waals surface area contributed by atoms with Crippen LogP contribution in [0.25, 0.3) is 0 Å². The summed E-state index contributed by atoms with van der Waals surface area (Å²) in [5.74, 6) is -1.95. The zero-order valence-electron chi connectivity index (χ0n) is 21.4. The third kappa shape index (κ3) is 9.42. The van der Waals surface area contributed by atoms with Crippen LogP contribution < -0.4 is 22.1 Å². The SMILES string of the molecule is CC[C@H](C)[C@H](NC(=O)[C@@H](C[C@H](O)[C@@H](N)CC(C)C)C(C)C)C(=O)N[C@@H](Cc1c[nH]cn1)C(N)=O. The van der Waals surface area contributed by atoms with Gasteiger partial charge in [-0.25, -0.2) is 4.98 Å². The van der Waals surface area contributed by atoms with Gasteiger partial charge in [0.2, 0.25) is 17.7 Å². The molecule has 0 bridgehead atoms. The number of carbonyl (C=O) groups is 3. The van der Waals surface area contributed by atoms with Crippen molar-refractivity contribution in [2.24, 2.45) is 35.1 Å². The number of nitrogens with two attached hydrogens (primary N) is 2. The lowest BCUT2D eigenvalue weighted by molar-refractivity contribution is -0.135. The Hall–Kier alpha value is -2.46. The number of nitrogens with one attached hydrogen (secondary N) is 3. The van der Waals surface area contributed by atoms with E-state index in [2.05, 4.69) is 20.6 Å². The van der Waals surface area contributed by atoms with Crippen LogP contribution in [0, 0.1) is 23.7 Å². The zero-order valence-corrected chi connectivity index (χ0v) is 21.4. The van der Waals surface area contributed by atoms with E-state index < -0.39 is 42.0 Å². The van der Waals surface area contributed by atoms with E-state index in [1.54, 1.807) is 6.20 Å². The molecular weight excluding hydrogens is 436 g/mol. The van der Waals surface area contributed by atoms with Gasteiger partial charge in [0.1, 0.15) is 12.1 Å². The fraction of sp³-hybridized carbons (Fsp3) is 0.750. The van der Waals surface area contributed by atoms with Crippen molar-refractivity contribution in [1.82, 2.24) is 20.6 Å². The molecule has 0 aliphatic heterocycles. The second-order valence-electron chi connectivity index (χ2n) is 10.0. The molecule has 0 saturated heterocycles. The number of primary amides is 1. The lowest BCUT2D eigenvalue weighted by atomic mass is 9.85. The van der Waals surface area contributed by atoms with E-state index in [9.17, 15) is 19.5 Å². The summed E-state index contributed by atoms with van der Waals surface area (Å²) in [6.07, 6.45) is 3.90. The van der Waals surface area contributed by atoms with Gasteiger partial charge < -0.3 is 32.2 Å². The fourth-order valence-corrected chi connectivity index (χ4v) is 3.88. The lowest BCUT2D eigenvalue weighted by Gasteiger charge is -2.30. The molecule has 1 aromatic heterocycles. The first-order valence-electron chi connectivity index (χ1n) is 12.2. The first-order valence-corrected chi connectivity index (χ1v) is 12.2. The highest BCUT2D eigenvalue weighted by Gasteiger charge is 2.34. The molecule has 1 heterocycles. The van der Waals surface area contributed by atoms with Crippen molar-refractivity contribution < 1.29 is 19.5 Å². The summed E-state index contributed by atoms with van der Waals surface area (Å²) in [5.41, 5.74) is 12.2. The largest absolute Gasteiger partial charge is 0.391 e. The van der Waals surface area contributed by atoms with Gasteiger partial charge in [0.05, 0.1) is 18.1 Å². The molecule has 1 aromatic rings. The Bertz CT molecular complexity index is 768.